The maximum absolute atomic E-state index is 13.7. The van der Waals surface area contributed by atoms with Gasteiger partial charge in [-0.15, -0.1) is 0 Å². The Balaban J connectivity index is 1.67. The Kier molecular flexibility index (Phi) is 8.24. The molecule has 0 radical (unpaired) electrons. The molecule has 1 saturated heterocycles. The van der Waals surface area contributed by atoms with Crippen molar-refractivity contribution in [2.45, 2.75) is 44.8 Å². The summed E-state index contributed by atoms with van der Waals surface area (Å²) >= 11 is 1.29. The van der Waals surface area contributed by atoms with Crippen LogP contribution in [0.1, 0.15) is 36.5 Å². The number of aryl methyl sites for hydroxylation is 2. The summed E-state index contributed by atoms with van der Waals surface area (Å²) in [6.07, 6.45) is 3.86. The predicted octanol–water partition coefficient (Wildman–Crippen LogP) is 6.40. The number of carbonyl (C=O) groups is 2. The highest BCUT2D eigenvalue weighted by Crippen LogP contribution is 2.43. The maximum atomic E-state index is 13.7. The number of hydrogen-bond acceptors (Lipinski definition) is 4. The van der Waals surface area contributed by atoms with Crippen LogP contribution in [-0.4, -0.2) is 17.1 Å². The molecule has 0 bridgehead atoms. The van der Waals surface area contributed by atoms with Crippen molar-refractivity contribution in [1.82, 2.24) is 0 Å². The number of thioether (sulfide) groups is 1. The van der Waals surface area contributed by atoms with Crippen molar-refractivity contribution in [3.05, 3.63) is 106 Å². The number of anilines is 2. The molecule has 1 atom stereocenters. The van der Waals surface area contributed by atoms with Gasteiger partial charge in [-0.05, 0) is 61.1 Å². The van der Waals surface area contributed by atoms with Crippen LogP contribution in [0.4, 0.5) is 11.4 Å². The minimum atomic E-state index is -0.529. The quantitative estimate of drug-likeness (QED) is 0.290. The molecule has 1 aliphatic heterocycles. The molecule has 0 aliphatic carbocycles. The van der Waals surface area contributed by atoms with E-state index in [4.69, 9.17) is 0 Å². The lowest BCUT2D eigenvalue weighted by Crippen LogP contribution is -2.31. The smallest absolute Gasteiger partial charge is 0.269 e. The van der Waals surface area contributed by atoms with Crippen LogP contribution in [0.5, 0.6) is 0 Å². The van der Waals surface area contributed by atoms with Crippen LogP contribution >= 0.6 is 11.8 Å². The van der Waals surface area contributed by atoms with Crippen LogP contribution in [0.25, 0.3) is 0 Å². The lowest BCUT2D eigenvalue weighted by atomic mass is 10.0. The third-order valence-electron chi connectivity index (χ3n) is 6.16. The molecule has 182 valence electrons. The van der Waals surface area contributed by atoms with E-state index in [-0.39, 0.29) is 11.5 Å². The van der Waals surface area contributed by atoms with Gasteiger partial charge in [-0.2, -0.15) is 5.26 Å². The van der Waals surface area contributed by atoms with Gasteiger partial charge in [-0.25, -0.2) is 0 Å². The number of benzene rings is 3. The van der Waals surface area contributed by atoms with E-state index in [1.54, 1.807) is 17.0 Å². The van der Waals surface area contributed by atoms with Gasteiger partial charge in [0.1, 0.15) is 16.7 Å². The van der Waals surface area contributed by atoms with Gasteiger partial charge in [0.15, 0.2) is 0 Å². The number of amides is 2. The van der Waals surface area contributed by atoms with Gasteiger partial charge in [0.2, 0.25) is 5.91 Å². The molecule has 6 heteroatoms. The molecule has 4 rings (SSSR count). The van der Waals surface area contributed by atoms with E-state index in [1.165, 1.54) is 17.3 Å². The van der Waals surface area contributed by atoms with Gasteiger partial charge in [0.05, 0.1) is 10.9 Å². The number of carbonyl (C=O) groups excluding carboxylic acids is 2. The molecule has 36 heavy (non-hydrogen) atoms. The second-order valence-corrected chi connectivity index (χ2v) is 9.99. The fourth-order valence-electron chi connectivity index (χ4n) is 4.17. The zero-order chi connectivity index (χ0) is 25.5. The van der Waals surface area contributed by atoms with E-state index < -0.39 is 11.2 Å². The van der Waals surface area contributed by atoms with Crippen LogP contribution in [-0.2, 0) is 22.4 Å². The van der Waals surface area contributed by atoms with Crippen LogP contribution in [0, 0.1) is 18.3 Å². The Morgan fingerprint density at radius 1 is 1.00 bits per heavy atom. The van der Waals surface area contributed by atoms with E-state index in [0.29, 0.717) is 22.8 Å². The second-order valence-electron chi connectivity index (χ2n) is 8.80. The lowest BCUT2D eigenvalue weighted by molar-refractivity contribution is -0.117. The average molecular weight is 496 g/mol. The molecule has 0 aromatic heterocycles. The third kappa shape index (κ3) is 5.69. The van der Waals surface area contributed by atoms with Gasteiger partial charge in [0, 0.05) is 5.69 Å². The molecule has 2 amide bonds. The van der Waals surface area contributed by atoms with E-state index in [2.05, 4.69) is 42.6 Å². The van der Waals surface area contributed by atoms with Crippen LogP contribution < -0.4 is 10.2 Å². The highest BCUT2D eigenvalue weighted by atomic mass is 32.2. The molecular formula is C30H29N3O2S. The molecule has 1 unspecified atom stereocenters. The summed E-state index contributed by atoms with van der Waals surface area (Å²) in [5.74, 6) is -0.655. The number of hydrogen-bond donors (Lipinski definition) is 1. The summed E-state index contributed by atoms with van der Waals surface area (Å²) in [7, 11) is 0. The molecule has 3 aromatic rings. The summed E-state index contributed by atoms with van der Waals surface area (Å²) in [4.78, 5) is 28.4. The van der Waals surface area contributed by atoms with Gasteiger partial charge >= 0.3 is 0 Å². The number of nitriles is 1. The zero-order valence-electron chi connectivity index (χ0n) is 20.5. The summed E-state index contributed by atoms with van der Waals surface area (Å²) in [5.41, 5.74) is 4.44. The Morgan fingerprint density at radius 3 is 2.33 bits per heavy atom. The largest absolute Gasteiger partial charge is 0.321 e. The third-order valence-corrected chi connectivity index (χ3v) is 7.42. The zero-order valence-corrected chi connectivity index (χ0v) is 21.3. The fourth-order valence-corrected chi connectivity index (χ4v) is 5.47. The molecule has 0 spiro atoms. The fraction of sp³-hybridized carbons (Fsp3) is 0.233. The van der Waals surface area contributed by atoms with Crippen molar-refractivity contribution in [1.29, 1.82) is 5.26 Å². The minimum Gasteiger partial charge on any atom is -0.321 e. The summed E-state index contributed by atoms with van der Waals surface area (Å²) < 4.78 is 0. The first-order valence-electron chi connectivity index (χ1n) is 12.2. The SMILES string of the molecule is CCCCc1ccc(CC2SC(=C(C#N)C(=O)Nc3ccccc3)N(c3ccccc3C)C2=O)cc1. The van der Waals surface area contributed by atoms with E-state index in [9.17, 15) is 14.9 Å². The average Bonchev–Trinajstić information content (AvgIpc) is 3.20. The van der Waals surface area contributed by atoms with Crippen molar-refractivity contribution in [3.63, 3.8) is 0 Å². The summed E-state index contributed by atoms with van der Waals surface area (Å²) in [6, 6.07) is 27.0. The molecule has 1 fully saturated rings. The Hall–Kier alpha value is -3.82. The maximum Gasteiger partial charge on any atom is 0.269 e. The normalized spacial score (nSPS) is 16.5. The summed E-state index contributed by atoms with van der Waals surface area (Å²) in [6.45, 7) is 4.10. The molecule has 1 heterocycles. The Morgan fingerprint density at radius 2 is 1.67 bits per heavy atom. The molecule has 1 aliphatic rings. The van der Waals surface area contributed by atoms with E-state index in [0.717, 1.165) is 30.4 Å². The first-order chi connectivity index (χ1) is 17.5. The van der Waals surface area contributed by atoms with Gasteiger partial charge in [-0.3, -0.25) is 14.5 Å². The molecule has 0 saturated carbocycles. The van der Waals surface area contributed by atoms with Gasteiger partial charge in [0.25, 0.3) is 5.91 Å². The lowest BCUT2D eigenvalue weighted by Gasteiger charge is -2.20. The standard InChI is InChI=1S/C30H29N3O2S/c1-3-4-11-22-15-17-23(18-16-22)19-27-29(35)33(26-14-9-8-10-21(26)2)30(36-27)25(20-31)28(34)32-24-12-6-5-7-13-24/h5-10,12-18,27H,3-4,11,19H2,1-2H3,(H,32,34). The number of para-hydroxylation sites is 2. The van der Waals surface area contributed by atoms with Crippen molar-refractivity contribution >= 4 is 35.0 Å². The Labute approximate surface area is 216 Å². The van der Waals surface area contributed by atoms with E-state index >= 15 is 0 Å². The van der Waals surface area contributed by atoms with Crippen molar-refractivity contribution in [2.24, 2.45) is 0 Å². The van der Waals surface area contributed by atoms with Gasteiger partial charge in [-0.1, -0.05) is 85.8 Å². The molecule has 3 aromatic carbocycles. The first kappa shape index (κ1) is 25.3. The molecular weight excluding hydrogens is 466 g/mol. The van der Waals surface area contributed by atoms with E-state index in [1.807, 2.05) is 49.4 Å². The highest BCUT2D eigenvalue weighted by Gasteiger charge is 2.41. The van der Waals surface area contributed by atoms with Crippen LogP contribution in [0.15, 0.2) is 89.5 Å². The topological polar surface area (TPSA) is 73.2 Å². The second kappa shape index (κ2) is 11.7. The van der Waals surface area contributed by atoms with Crippen molar-refractivity contribution < 1.29 is 9.59 Å². The summed E-state index contributed by atoms with van der Waals surface area (Å²) in [5, 5.41) is 12.7. The highest BCUT2D eigenvalue weighted by molar-refractivity contribution is 8.05. The molecule has 1 N–H and O–H groups in total. The number of unbranched alkanes of at least 4 members (excludes halogenated alkanes) is 1. The minimum absolute atomic E-state index is 0.0714. The monoisotopic (exact) mass is 495 g/mol. The van der Waals surface area contributed by atoms with Crippen LogP contribution in [0.2, 0.25) is 0 Å². The predicted molar refractivity (Wildman–Crippen MR) is 147 cm³/mol. The first-order valence-corrected chi connectivity index (χ1v) is 13.0. The van der Waals surface area contributed by atoms with Crippen molar-refractivity contribution in [3.8, 4) is 6.07 Å². The van der Waals surface area contributed by atoms with Gasteiger partial charge < -0.3 is 5.32 Å². The van der Waals surface area contributed by atoms with Crippen molar-refractivity contribution in [2.75, 3.05) is 10.2 Å². The number of rotatable bonds is 8. The molecule has 5 nitrogen and oxygen atoms in total. The number of nitrogens with zero attached hydrogens (tertiary/aromatic N) is 2. The Bertz CT molecular complexity index is 1310. The number of nitrogens with one attached hydrogen (secondary N) is 1. The van der Waals surface area contributed by atoms with Crippen LogP contribution in [0.3, 0.4) is 0 Å².